The number of carbonyl (C=O) groups is 1. The molecule has 0 saturated carbocycles. The first-order chi connectivity index (χ1) is 12.4. The quantitative estimate of drug-likeness (QED) is 0.802. The Labute approximate surface area is 151 Å². The van der Waals surface area contributed by atoms with E-state index in [1.165, 1.54) is 4.57 Å². The number of carbonyl (C=O) groups excluding carboxylic acids is 1. The molecular formula is C17H24N6O3. The van der Waals surface area contributed by atoms with Gasteiger partial charge in [-0.15, -0.1) is 0 Å². The maximum atomic E-state index is 12.6. The van der Waals surface area contributed by atoms with Gasteiger partial charge in [-0.25, -0.2) is 4.98 Å². The van der Waals surface area contributed by atoms with Gasteiger partial charge in [0.1, 0.15) is 6.54 Å². The molecule has 9 heteroatoms. The number of morpholine rings is 1. The highest BCUT2D eigenvalue weighted by atomic mass is 16.5. The molecule has 0 spiro atoms. The Morgan fingerprint density at radius 2 is 2.23 bits per heavy atom. The predicted octanol–water partition coefficient (Wildman–Crippen LogP) is -0.0669. The molecule has 2 aromatic heterocycles. The van der Waals surface area contributed by atoms with Gasteiger partial charge in [-0.2, -0.15) is 5.10 Å². The van der Waals surface area contributed by atoms with Crippen molar-refractivity contribution in [1.82, 2.24) is 24.2 Å². The average molecular weight is 360 g/mol. The van der Waals surface area contributed by atoms with Crippen LogP contribution in [0.15, 0.2) is 23.3 Å². The number of nitrogens with one attached hydrogen (secondary N) is 1. The first kappa shape index (κ1) is 18.1. The lowest BCUT2D eigenvalue weighted by Gasteiger charge is -2.33. The SMILES string of the molecule is Cc1cc(C)n(CC(=O)N2CCO[C@@H](CNc3nccn(C)c3=O)C2)n1. The third-order valence-corrected chi connectivity index (χ3v) is 4.39. The number of ether oxygens (including phenoxy) is 1. The molecule has 26 heavy (non-hydrogen) atoms. The molecule has 2 aromatic rings. The highest BCUT2D eigenvalue weighted by molar-refractivity contribution is 5.76. The summed E-state index contributed by atoms with van der Waals surface area (Å²) in [4.78, 5) is 30.4. The van der Waals surface area contributed by atoms with Crippen LogP contribution in [0.5, 0.6) is 0 Å². The molecule has 3 rings (SSSR count). The van der Waals surface area contributed by atoms with Gasteiger partial charge in [-0.3, -0.25) is 14.3 Å². The number of amides is 1. The van der Waals surface area contributed by atoms with Crippen LogP contribution >= 0.6 is 0 Å². The highest BCUT2D eigenvalue weighted by Gasteiger charge is 2.25. The second-order valence-corrected chi connectivity index (χ2v) is 6.49. The molecule has 1 saturated heterocycles. The number of hydrogen-bond donors (Lipinski definition) is 1. The summed E-state index contributed by atoms with van der Waals surface area (Å²) in [5.41, 5.74) is 1.67. The Kier molecular flexibility index (Phi) is 5.36. The van der Waals surface area contributed by atoms with Crippen LogP contribution in [0.3, 0.4) is 0 Å². The van der Waals surface area contributed by atoms with Gasteiger partial charge < -0.3 is 19.5 Å². The van der Waals surface area contributed by atoms with E-state index in [0.29, 0.717) is 26.2 Å². The van der Waals surface area contributed by atoms with E-state index in [1.54, 1.807) is 29.0 Å². The molecule has 1 atom stereocenters. The lowest BCUT2D eigenvalue weighted by atomic mass is 10.2. The lowest BCUT2D eigenvalue weighted by molar-refractivity contribution is -0.139. The Bertz CT molecular complexity index is 843. The Morgan fingerprint density at radius 3 is 2.96 bits per heavy atom. The molecule has 0 radical (unpaired) electrons. The average Bonchev–Trinajstić information content (AvgIpc) is 2.93. The zero-order valence-electron chi connectivity index (χ0n) is 15.3. The Morgan fingerprint density at radius 1 is 1.42 bits per heavy atom. The van der Waals surface area contributed by atoms with Gasteiger partial charge in [-0.1, -0.05) is 0 Å². The fourth-order valence-corrected chi connectivity index (χ4v) is 2.96. The number of rotatable bonds is 5. The van der Waals surface area contributed by atoms with Crippen molar-refractivity contribution < 1.29 is 9.53 Å². The van der Waals surface area contributed by atoms with Crippen molar-refractivity contribution >= 4 is 11.7 Å². The van der Waals surface area contributed by atoms with Crippen LogP contribution in [0, 0.1) is 13.8 Å². The van der Waals surface area contributed by atoms with Crippen molar-refractivity contribution in [3.63, 3.8) is 0 Å². The van der Waals surface area contributed by atoms with Crippen LogP contribution in [-0.2, 0) is 23.1 Å². The summed E-state index contributed by atoms with van der Waals surface area (Å²) < 4.78 is 8.89. The van der Waals surface area contributed by atoms with Crippen LogP contribution < -0.4 is 10.9 Å². The van der Waals surface area contributed by atoms with Crippen LogP contribution in [0.2, 0.25) is 0 Å². The number of aryl methyl sites for hydroxylation is 3. The van der Waals surface area contributed by atoms with Gasteiger partial charge in [0.15, 0.2) is 5.82 Å². The van der Waals surface area contributed by atoms with Gasteiger partial charge in [0, 0.05) is 44.8 Å². The molecule has 9 nitrogen and oxygen atoms in total. The topological polar surface area (TPSA) is 94.3 Å². The summed E-state index contributed by atoms with van der Waals surface area (Å²) in [5.74, 6) is 0.294. The third kappa shape index (κ3) is 4.10. The molecule has 3 heterocycles. The van der Waals surface area contributed by atoms with Crippen molar-refractivity contribution in [2.45, 2.75) is 26.5 Å². The maximum Gasteiger partial charge on any atom is 0.293 e. The van der Waals surface area contributed by atoms with E-state index < -0.39 is 0 Å². The number of aromatic nitrogens is 4. The number of anilines is 1. The van der Waals surface area contributed by atoms with Crippen LogP contribution in [0.4, 0.5) is 5.82 Å². The fourth-order valence-electron chi connectivity index (χ4n) is 2.96. The molecule has 1 N–H and O–H groups in total. The zero-order chi connectivity index (χ0) is 18.7. The molecule has 0 aromatic carbocycles. The van der Waals surface area contributed by atoms with Gasteiger partial charge in [0.05, 0.1) is 18.4 Å². The van der Waals surface area contributed by atoms with E-state index in [1.807, 2.05) is 19.9 Å². The second kappa shape index (κ2) is 7.69. The monoisotopic (exact) mass is 360 g/mol. The molecule has 1 aliphatic rings. The van der Waals surface area contributed by atoms with E-state index in [4.69, 9.17) is 4.74 Å². The summed E-state index contributed by atoms with van der Waals surface area (Å²) in [5, 5.41) is 7.36. The van der Waals surface area contributed by atoms with Gasteiger partial charge in [0.2, 0.25) is 5.91 Å². The van der Waals surface area contributed by atoms with Crippen molar-refractivity contribution in [2.24, 2.45) is 7.05 Å². The normalized spacial score (nSPS) is 17.3. The van der Waals surface area contributed by atoms with E-state index in [9.17, 15) is 9.59 Å². The molecular weight excluding hydrogens is 336 g/mol. The van der Waals surface area contributed by atoms with Crippen LogP contribution in [0.25, 0.3) is 0 Å². The standard InChI is InChI=1S/C17H24N6O3/c1-12-8-13(2)23(20-12)11-15(24)22-6-7-26-14(10-22)9-19-16-17(25)21(3)5-4-18-16/h4-5,8,14H,6-7,9-11H2,1-3H3,(H,18,19)/t14-/m0/s1. The van der Waals surface area contributed by atoms with E-state index >= 15 is 0 Å². The summed E-state index contributed by atoms with van der Waals surface area (Å²) in [6.45, 7) is 5.98. The molecule has 1 aliphatic heterocycles. The largest absolute Gasteiger partial charge is 0.373 e. The molecule has 0 aliphatic carbocycles. The lowest BCUT2D eigenvalue weighted by Crippen LogP contribution is -2.49. The van der Waals surface area contributed by atoms with Crippen molar-refractivity contribution in [3.8, 4) is 0 Å². The fraction of sp³-hybridized carbons (Fsp3) is 0.529. The van der Waals surface area contributed by atoms with Crippen LogP contribution in [0.1, 0.15) is 11.4 Å². The van der Waals surface area contributed by atoms with Crippen molar-refractivity contribution in [1.29, 1.82) is 0 Å². The van der Waals surface area contributed by atoms with Gasteiger partial charge in [0.25, 0.3) is 5.56 Å². The number of hydrogen-bond acceptors (Lipinski definition) is 6. The minimum atomic E-state index is -0.195. The van der Waals surface area contributed by atoms with Gasteiger partial charge >= 0.3 is 0 Å². The zero-order valence-corrected chi connectivity index (χ0v) is 15.3. The van der Waals surface area contributed by atoms with E-state index in [-0.39, 0.29) is 29.9 Å². The van der Waals surface area contributed by atoms with E-state index in [0.717, 1.165) is 11.4 Å². The minimum absolute atomic E-state index is 0.0123. The van der Waals surface area contributed by atoms with E-state index in [2.05, 4.69) is 15.4 Å². The first-order valence-corrected chi connectivity index (χ1v) is 8.60. The predicted molar refractivity (Wildman–Crippen MR) is 96.0 cm³/mol. The number of nitrogens with zero attached hydrogens (tertiary/aromatic N) is 5. The highest BCUT2D eigenvalue weighted by Crippen LogP contribution is 2.09. The van der Waals surface area contributed by atoms with Crippen molar-refractivity contribution in [2.75, 3.05) is 31.6 Å². The summed E-state index contributed by atoms with van der Waals surface area (Å²) in [6, 6.07) is 1.95. The summed E-state index contributed by atoms with van der Waals surface area (Å²) in [6.07, 6.45) is 2.97. The van der Waals surface area contributed by atoms with Crippen molar-refractivity contribution in [3.05, 3.63) is 40.2 Å². The smallest absolute Gasteiger partial charge is 0.293 e. The molecule has 140 valence electrons. The van der Waals surface area contributed by atoms with Gasteiger partial charge in [-0.05, 0) is 19.9 Å². The first-order valence-electron chi connectivity index (χ1n) is 8.60. The summed E-state index contributed by atoms with van der Waals surface area (Å²) >= 11 is 0. The Hall–Kier alpha value is -2.68. The minimum Gasteiger partial charge on any atom is -0.373 e. The van der Waals surface area contributed by atoms with Crippen LogP contribution in [-0.4, -0.2) is 62.5 Å². The second-order valence-electron chi connectivity index (χ2n) is 6.49. The molecule has 1 amide bonds. The summed E-state index contributed by atoms with van der Waals surface area (Å²) in [7, 11) is 1.67. The maximum absolute atomic E-state index is 12.6. The molecule has 0 unspecified atom stereocenters. The Balaban J connectivity index is 1.57. The molecule has 1 fully saturated rings. The third-order valence-electron chi connectivity index (χ3n) is 4.39. The molecule has 0 bridgehead atoms.